The first-order valence-electron chi connectivity index (χ1n) is 6.52. The van der Waals surface area contributed by atoms with Gasteiger partial charge in [0.05, 0.1) is 11.3 Å². The highest BCUT2D eigenvalue weighted by Gasteiger charge is 2.30. The fourth-order valence-electron chi connectivity index (χ4n) is 1.97. The van der Waals surface area contributed by atoms with Gasteiger partial charge in [0.15, 0.2) is 5.96 Å². The van der Waals surface area contributed by atoms with Crippen LogP contribution in [-0.2, 0) is 6.18 Å². The van der Waals surface area contributed by atoms with E-state index in [1.54, 1.807) is 4.90 Å². The maximum absolute atomic E-state index is 12.6. The van der Waals surface area contributed by atoms with E-state index in [1.807, 2.05) is 13.0 Å². The predicted molar refractivity (Wildman–Crippen MR) is 86.9 cm³/mol. The zero-order valence-electron chi connectivity index (χ0n) is 12.3. The third-order valence-corrected chi connectivity index (χ3v) is 3.07. The maximum atomic E-state index is 12.6. The smallest absolute Gasteiger partial charge is 0.369 e. The number of guanidine groups is 2. The Hall–Kier alpha value is -2.22. The van der Waals surface area contributed by atoms with E-state index in [1.165, 1.54) is 12.1 Å². The number of benzene rings is 1. The van der Waals surface area contributed by atoms with Gasteiger partial charge in [-0.3, -0.25) is 0 Å². The van der Waals surface area contributed by atoms with Crippen LogP contribution in [0.5, 0.6) is 0 Å². The molecular formula is C14H17ClF3N5. The van der Waals surface area contributed by atoms with Crippen LogP contribution >= 0.6 is 12.4 Å². The highest BCUT2D eigenvalue weighted by molar-refractivity contribution is 5.94. The number of hydrogen-bond acceptors (Lipinski definition) is 1. The molecule has 1 aromatic rings. The molecule has 1 aliphatic heterocycles. The first-order valence-corrected chi connectivity index (χ1v) is 6.52. The van der Waals surface area contributed by atoms with Crippen LogP contribution in [0.3, 0.4) is 0 Å². The third kappa shape index (κ3) is 5.17. The number of rotatable bonds is 1. The van der Waals surface area contributed by atoms with Crippen molar-refractivity contribution in [3.63, 3.8) is 0 Å². The van der Waals surface area contributed by atoms with E-state index in [2.05, 4.69) is 9.98 Å². The number of aliphatic imine (C=N–C) groups is 2. The molecule has 1 aliphatic rings. The highest BCUT2D eigenvalue weighted by atomic mass is 35.5. The van der Waals surface area contributed by atoms with Gasteiger partial charge < -0.3 is 16.4 Å². The Balaban J connectivity index is 0.00000264. The molecule has 1 aromatic carbocycles. The van der Waals surface area contributed by atoms with Crippen molar-refractivity contribution in [2.45, 2.75) is 13.1 Å². The number of alkyl halides is 3. The molecule has 0 fully saturated rings. The number of nitrogens with two attached hydrogens (primary N) is 2. The van der Waals surface area contributed by atoms with Crippen molar-refractivity contribution in [1.82, 2.24) is 4.90 Å². The summed E-state index contributed by atoms with van der Waals surface area (Å²) in [4.78, 5) is 9.54. The zero-order valence-corrected chi connectivity index (χ0v) is 13.2. The number of nitrogens with zero attached hydrogens (tertiary/aromatic N) is 3. The molecule has 126 valence electrons. The minimum Gasteiger partial charge on any atom is -0.369 e. The molecule has 0 saturated heterocycles. The van der Waals surface area contributed by atoms with Crippen LogP contribution in [0.1, 0.15) is 12.5 Å². The molecule has 1 heterocycles. The molecule has 23 heavy (non-hydrogen) atoms. The van der Waals surface area contributed by atoms with E-state index in [4.69, 9.17) is 11.5 Å². The summed E-state index contributed by atoms with van der Waals surface area (Å²) in [5, 5.41) is 0. The minimum absolute atomic E-state index is 0. The molecule has 0 spiro atoms. The fraction of sp³-hybridized carbons (Fsp3) is 0.286. The van der Waals surface area contributed by atoms with Crippen LogP contribution in [0.25, 0.3) is 0 Å². The number of halogens is 4. The number of hydrogen-bond donors (Lipinski definition) is 2. The second-order valence-corrected chi connectivity index (χ2v) is 4.92. The Morgan fingerprint density at radius 2 is 1.96 bits per heavy atom. The van der Waals surface area contributed by atoms with Gasteiger partial charge in [0.2, 0.25) is 5.96 Å². The van der Waals surface area contributed by atoms with Gasteiger partial charge in [-0.05, 0) is 25.1 Å². The highest BCUT2D eigenvalue weighted by Crippen LogP contribution is 2.31. The molecule has 0 atom stereocenters. The first kappa shape index (κ1) is 18.8. The summed E-state index contributed by atoms with van der Waals surface area (Å²) in [5.41, 5.74) is 11.9. The molecule has 0 aliphatic carbocycles. The van der Waals surface area contributed by atoms with Crippen LogP contribution in [0.4, 0.5) is 18.9 Å². The summed E-state index contributed by atoms with van der Waals surface area (Å²) in [6.45, 7) is 3.23. The van der Waals surface area contributed by atoms with Crippen molar-refractivity contribution >= 4 is 30.0 Å². The molecule has 0 saturated carbocycles. The summed E-state index contributed by atoms with van der Waals surface area (Å²) in [6, 6.07) is 4.54. The minimum atomic E-state index is -4.43. The van der Waals surface area contributed by atoms with Gasteiger partial charge >= 0.3 is 6.18 Å². The maximum Gasteiger partial charge on any atom is 0.416 e. The van der Waals surface area contributed by atoms with E-state index in [0.717, 1.165) is 17.7 Å². The second kappa shape index (κ2) is 7.36. The Kier molecular flexibility index (Phi) is 6.03. The van der Waals surface area contributed by atoms with E-state index >= 15 is 0 Å². The van der Waals surface area contributed by atoms with Crippen molar-refractivity contribution in [3.05, 3.63) is 41.5 Å². The van der Waals surface area contributed by atoms with Gasteiger partial charge in [-0.2, -0.15) is 18.2 Å². The van der Waals surface area contributed by atoms with E-state index in [-0.39, 0.29) is 30.0 Å². The standard InChI is InChI=1S/C14H16F3N5.ClH/c1-9-5-6-22(8-9)13(19)21-12(18)20-11-4-2-3-10(7-11)14(15,16)17;/h2-5,7H,6,8H2,1H3,(H4,18,19,20,21);1H. The Bertz CT molecular complexity index is 652. The van der Waals surface area contributed by atoms with Crippen molar-refractivity contribution in [3.8, 4) is 0 Å². The van der Waals surface area contributed by atoms with Gasteiger partial charge in [0, 0.05) is 13.1 Å². The molecule has 0 unspecified atom stereocenters. The van der Waals surface area contributed by atoms with Crippen molar-refractivity contribution in [1.29, 1.82) is 0 Å². The van der Waals surface area contributed by atoms with E-state index in [0.29, 0.717) is 13.1 Å². The average molecular weight is 348 g/mol. The van der Waals surface area contributed by atoms with Crippen LogP contribution in [-0.4, -0.2) is 29.9 Å². The van der Waals surface area contributed by atoms with Gasteiger partial charge in [0.25, 0.3) is 0 Å². The zero-order chi connectivity index (χ0) is 16.3. The van der Waals surface area contributed by atoms with Gasteiger partial charge in [-0.1, -0.05) is 17.7 Å². The van der Waals surface area contributed by atoms with Crippen LogP contribution in [0.2, 0.25) is 0 Å². The van der Waals surface area contributed by atoms with Gasteiger partial charge in [0.1, 0.15) is 0 Å². The molecule has 2 rings (SSSR count). The molecule has 5 nitrogen and oxygen atoms in total. The Morgan fingerprint density at radius 3 is 2.52 bits per heavy atom. The molecule has 9 heteroatoms. The van der Waals surface area contributed by atoms with Crippen molar-refractivity contribution in [2.24, 2.45) is 21.5 Å². The normalized spacial score (nSPS) is 16.2. The lowest BCUT2D eigenvalue weighted by Gasteiger charge is -2.16. The lowest BCUT2D eigenvalue weighted by molar-refractivity contribution is -0.137. The largest absolute Gasteiger partial charge is 0.416 e. The second-order valence-electron chi connectivity index (χ2n) is 4.92. The molecule has 0 radical (unpaired) electrons. The molecule has 0 amide bonds. The summed E-state index contributed by atoms with van der Waals surface area (Å²) >= 11 is 0. The van der Waals surface area contributed by atoms with Crippen molar-refractivity contribution in [2.75, 3.05) is 13.1 Å². The Labute approximate surface area is 138 Å². The summed E-state index contributed by atoms with van der Waals surface area (Å²) in [6.07, 6.45) is -2.43. The molecular weight excluding hydrogens is 331 g/mol. The molecule has 0 aromatic heterocycles. The molecule has 4 N–H and O–H groups in total. The quantitative estimate of drug-likeness (QED) is 0.465. The summed E-state index contributed by atoms with van der Waals surface area (Å²) in [5.74, 6) is -0.0114. The Morgan fingerprint density at radius 1 is 1.26 bits per heavy atom. The lowest BCUT2D eigenvalue weighted by Crippen LogP contribution is -2.37. The lowest BCUT2D eigenvalue weighted by atomic mass is 10.2. The fourth-order valence-corrected chi connectivity index (χ4v) is 1.97. The first-order chi connectivity index (χ1) is 10.3. The van der Waals surface area contributed by atoms with E-state index < -0.39 is 11.7 Å². The topological polar surface area (TPSA) is 80.0 Å². The summed E-state index contributed by atoms with van der Waals surface area (Å²) < 4.78 is 37.9. The average Bonchev–Trinajstić information content (AvgIpc) is 2.84. The summed E-state index contributed by atoms with van der Waals surface area (Å²) in [7, 11) is 0. The van der Waals surface area contributed by atoms with Crippen LogP contribution < -0.4 is 11.5 Å². The predicted octanol–water partition coefficient (Wildman–Crippen LogP) is 2.65. The van der Waals surface area contributed by atoms with Gasteiger partial charge in [-0.15, -0.1) is 12.4 Å². The van der Waals surface area contributed by atoms with Crippen LogP contribution in [0.15, 0.2) is 45.9 Å². The third-order valence-electron chi connectivity index (χ3n) is 3.07. The SMILES string of the molecule is CC1=CCN(C(N)=NC(N)=Nc2cccc(C(F)(F)F)c2)C1.Cl. The van der Waals surface area contributed by atoms with E-state index in [9.17, 15) is 13.2 Å². The van der Waals surface area contributed by atoms with Crippen molar-refractivity contribution < 1.29 is 13.2 Å². The molecule has 0 bridgehead atoms. The van der Waals surface area contributed by atoms with Gasteiger partial charge in [-0.25, -0.2) is 4.99 Å². The van der Waals surface area contributed by atoms with Crippen LogP contribution in [0, 0.1) is 0 Å². The monoisotopic (exact) mass is 347 g/mol.